The van der Waals surface area contributed by atoms with Gasteiger partial charge in [-0.3, -0.25) is 13.9 Å². The molecular formula is C12H11FN2O3. The molecule has 0 bridgehead atoms. The Morgan fingerprint density at radius 2 is 1.67 bits per heavy atom. The van der Waals surface area contributed by atoms with Crippen molar-refractivity contribution in [2.75, 3.05) is 0 Å². The Hall–Kier alpha value is -2.37. The van der Waals surface area contributed by atoms with E-state index in [4.69, 9.17) is 4.74 Å². The summed E-state index contributed by atoms with van der Waals surface area (Å²) in [6.07, 6.45) is 0. The smallest absolute Gasteiger partial charge is 0.333 e. The Bertz CT molecular complexity index is 686. The van der Waals surface area contributed by atoms with Crippen molar-refractivity contribution in [2.24, 2.45) is 14.1 Å². The second-order valence-electron chi connectivity index (χ2n) is 3.78. The van der Waals surface area contributed by atoms with E-state index in [0.29, 0.717) is 5.75 Å². The minimum absolute atomic E-state index is 0.106. The molecule has 0 aliphatic heterocycles. The summed E-state index contributed by atoms with van der Waals surface area (Å²) < 4.78 is 20.3. The molecule has 94 valence electrons. The summed E-state index contributed by atoms with van der Waals surface area (Å²) >= 11 is 0. The van der Waals surface area contributed by atoms with Crippen molar-refractivity contribution in [3.05, 3.63) is 57.0 Å². The van der Waals surface area contributed by atoms with E-state index in [1.165, 1.54) is 49.0 Å². The zero-order chi connectivity index (χ0) is 13.3. The Morgan fingerprint density at radius 1 is 1.06 bits per heavy atom. The molecule has 18 heavy (non-hydrogen) atoms. The predicted octanol–water partition coefficient (Wildman–Crippen LogP) is 1.02. The summed E-state index contributed by atoms with van der Waals surface area (Å²) in [5.74, 6) is 0.0644. The van der Waals surface area contributed by atoms with E-state index >= 15 is 0 Å². The average molecular weight is 250 g/mol. The number of hydrogen-bond acceptors (Lipinski definition) is 3. The van der Waals surface area contributed by atoms with Crippen LogP contribution >= 0.6 is 0 Å². The van der Waals surface area contributed by atoms with Gasteiger partial charge in [0.1, 0.15) is 11.6 Å². The first kappa shape index (κ1) is 12.1. The van der Waals surface area contributed by atoms with E-state index in [0.717, 1.165) is 4.57 Å². The average Bonchev–Trinajstić information content (AvgIpc) is 2.36. The van der Waals surface area contributed by atoms with E-state index < -0.39 is 11.2 Å². The van der Waals surface area contributed by atoms with E-state index in [2.05, 4.69) is 0 Å². The van der Waals surface area contributed by atoms with Gasteiger partial charge in [0.15, 0.2) is 0 Å². The van der Waals surface area contributed by atoms with Crippen LogP contribution in [0, 0.1) is 5.82 Å². The third kappa shape index (κ3) is 2.17. The second-order valence-corrected chi connectivity index (χ2v) is 3.78. The number of ether oxygens (including phenoxy) is 1. The Morgan fingerprint density at radius 3 is 2.28 bits per heavy atom. The first-order valence-electron chi connectivity index (χ1n) is 5.19. The van der Waals surface area contributed by atoms with Gasteiger partial charge in [0.05, 0.1) is 6.07 Å². The predicted molar refractivity (Wildman–Crippen MR) is 63.4 cm³/mol. The van der Waals surface area contributed by atoms with Crippen LogP contribution in [0.2, 0.25) is 0 Å². The number of halogens is 1. The van der Waals surface area contributed by atoms with Gasteiger partial charge in [-0.25, -0.2) is 9.18 Å². The van der Waals surface area contributed by atoms with Crippen LogP contribution in [0.1, 0.15) is 0 Å². The summed E-state index contributed by atoms with van der Waals surface area (Å²) in [6, 6.07) is 6.49. The largest absolute Gasteiger partial charge is 0.440 e. The second kappa shape index (κ2) is 4.48. The monoisotopic (exact) mass is 250 g/mol. The first-order valence-corrected chi connectivity index (χ1v) is 5.19. The van der Waals surface area contributed by atoms with Crippen molar-refractivity contribution < 1.29 is 9.13 Å². The van der Waals surface area contributed by atoms with Crippen LogP contribution < -0.4 is 16.0 Å². The minimum Gasteiger partial charge on any atom is -0.440 e. The molecule has 1 heterocycles. The molecule has 0 aliphatic rings. The van der Waals surface area contributed by atoms with E-state index in [9.17, 15) is 14.0 Å². The van der Waals surface area contributed by atoms with Crippen molar-refractivity contribution in [3.8, 4) is 11.6 Å². The highest BCUT2D eigenvalue weighted by atomic mass is 19.1. The maximum atomic E-state index is 12.7. The van der Waals surface area contributed by atoms with Gasteiger partial charge >= 0.3 is 5.69 Å². The zero-order valence-electron chi connectivity index (χ0n) is 9.88. The van der Waals surface area contributed by atoms with Crippen LogP contribution in [0.25, 0.3) is 0 Å². The molecule has 0 atom stereocenters. The van der Waals surface area contributed by atoms with Crippen molar-refractivity contribution in [3.63, 3.8) is 0 Å². The van der Waals surface area contributed by atoms with Gasteiger partial charge in [-0.05, 0) is 24.3 Å². The lowest BCUT2D eigenvalue weighted by Gasteiger charge is -2.10. The number of hydrogen-bond donors (Lipinski definition) is 0. The minimum atomic E-state index is -0.486. The molecule has 0 saturated carbocycles. The quantitative estimate of drug-likeness (QED) is 0.799. The lowest BCUT2D eigenvalue weighted by atomic mass is 10.3. The summed E-state index contributed by atoms with van der Waals surface area (Å²) in [6.45, 7) is 0. The van der Waals surface area contributed by atoms with Crippen LogP contribution in [0.5, 0.6) is 11.6 Å². The first-order chi connectivity index (χ1) is 8.49. The van der Waals surface area contributed by atoms with Gasteiger partial charge in [-0.15, -0.1) is 0 Å². The molecule has 1 aromatic carbocycles. The summed E-state index contributed by atoms with van der Waals surface area (Å²) in [5, 5.41) is 0. The number of aromatic nitrogens is 2. The molecule has 0 fully saturated rings. The summed E-state index contributed by atoms with van der Waals surface area (Å²) in [4.78, 5) is 23.1. The van der Waals surface area contributed by atoms with Gasteiger partial charge in [0.25, 0.3) is 5.56 Å². The molecule has 0 unspecified atom stereocenters. The highest BCUT2D eigenvalue weighted by molar-refractivity contribution is 5.26. The fourth-order valence-corrected chi connectivity index (χ4v) is 1.43. The Balaban J connectivity index is 2.44. The van der Waals surface area contributed by atoms with Crippen molar-refractivity contribution in [1.29, 1.82) is 0 Å². The molecule has 0 N–H and O–H groups in total. The SMILES string of the molecule is Cn1c(Oc2ccc(F)cc2)cc(=O)n(C)c1=O. The molecule has 5 nitrogen and oxygen atoms in total. The van der Waals surface area contributed by atoms with Gasteiger partial charge < -0.3 is 4.74 Å². The van der Waals surface area contributed by atoms with Crippen LogP contribution in [0.3, 0.4) is 0 Å². The van der Waals surface area contributed by atoms with E-state index in [1.54, 1.807) is 0 Å². The molecule has 6 heteroatoms. The molecule has 0 amide bonds. The molecule has 1 aromatic heterocycles. The molecule has 0 saturated heterocycles. The Labute approximate surface area is 102 Å². The maximum Gasteiger partial charge on any atom is 0.333 e. The number of benzene rings is 1. The topological polar surface area (TPSA) is 53.2 Å². The van der Waals surface area contributed by atoms with Crippen LogP contribution in [-0.2, 0) is 14.1 Å². The molecule has 2 rings (SSSR count). The third-order valence-corrected chi connectivity index (χ3v) is 2.52. The fraction of sp³-hybridized carbons (Fsp3) is 0.167. The third-order valence-electron chi connectivity index (χ3n) is 2.52. The highest BCUT2D eigenvalue weighted by Gasteiger charge is 2.07. The Kier molecular flexibility index (Phi) is 3.01. The summed E-state index contributed by atoms with van der Waals surface area (Å²) in [5.41, 5.74) is -0.949. The number of rotatable bonds is 2. The van der Waals surface area contributed by atoms with Crippen molar-refractivity contribution >= 4 is 0 Å². The lowest BCUT2D eigenvalue weighted by Crippen LogP contribution is -2.36. The molecule has 0 radical (unpaired) electrons. The normalized spacial score (nSPS) is 10.4. The zero-order valence-corrected chi connectivity index (χ0v) is 9.88. The van der Waals surface area contributed by atoms with Gasteiger partial charge in [-0.1, -0.05) is 0 Å². The van der Waals surface area contributed by atoms with Crippen LogP contribution in [-0.4, -0.2) is 9.13 Å². The number of nitrogens with zero attached hydrogens (tertiary/aromatic N) is 2. The molecule has 0 spiro atoms. The standard InChI is InChI=1S/C12H11FN2O3/c1-14-10(16)7-11(15(2)12(14)17)18-9-5-3-8(13)4-6-9/h3-7H,1-2H3. The molecule has 2 aromatic rings. The van der Waals surface area contributed by atoms with Crippen LogP contribution in [0.4, 0.5) is 4.39 Å². The van der Waals surface area contributed by atoms with E-state index in [1.807, 2.05) is 0 Å². The highest BCUT2D eigenvalue weighted by Crippen LogP contribution is 2.18. The lowest BCUT2D eigenvalue weighted by molar-refractivity contribution is 0.422. The molecular weight excluding hydrogens is 239 g/mol. The van der Waals surface area contributed by atoms with Gasteiger partial charge in [0, 0.05) is 14.1 Å². The fourth-order valence-electron chi connectivity index (χ4n) is 1.43. The maximum absolute atomic E-state index is 12.7. The van der Waals surface area contributed by atoms with E-state index in [-0.39, 0.29) is 11.7 Å². The van der Waals surface area contributed by atoms with Gasteiger partial charge in [-0.2, -0.15) is 0 Å². The van der Waals surface area contributed by atoms with Crippen molar-refractivity contribution in [1.82, 2.24) is 9.13 Å². The van der Waals surface area contributed by atoms with Gasteiger partial charge in [0.2, 0.25) is 5.88 Å². The molecule has 0 aliphatic carbocycles. The van der Waals surface area contributed by atoms with Crippen LogP contribution in [0.15, 0.2) is 39.9 Å². The summed E-state index contributed by atoms with van der Waals surface area (Å²) in [7, 11) is 2.87. The van der Waals surface area contributed by atoms with Crippen molar-refractivity contribution in [2.45, 2.75) is 0 Å².